The lowest BCUT2D eigenvalue weighted by molar-refractivity contribution is 0.208. The highest BCUT2D eigenvalue weighted by atomic mass is 16.5. The number of methoxy groups -OCH3 is 1. The Bertz CT molecular complexity index is 581. The predicted molar refractivity (Wildman–Crippen MR) is 84.6 cm³/mol. The molecule has 0 saturated carbocycles. The van der Waals surface area contributed by atoms with Crippen LogP contribution in [0.2, 0.25) is 0 Å². The summed E-state index contributed by atoms with van der Waals surface area (Å²) in [5.74, 6) is 0.763. The predicted octanol–water partition coefficient (Wildman–Crippen LogP) is 3.92. The summed E-state index contributed by atoms with van der Waals surface area (Å²) in [6.07, 6.45) is 0. The van der Waals surface area contributed by atoms with Crippen molar-refractivity contribution in [1.82, 2.24) is 4.90 Å². The molecule has 2 amide bonds. The molecule has 2 aromatic rings. The molecule has 0 aromatic heterocycles. The lowest BCUT2D eigenvalue weighted by Crippen LogP contribution is -2.33. The molecule has 0 radical (unpaired) electrons. The number of hydrogen-bond donors (Lipinski definition) is 1. The van der Waals surface area contributed by atoms with Gasteiger partial charge in [0.25, 0.3) is 0 Å². The monoisotopic (exact) mass is 284 g/mol. The van der Waals surface area contributed by atoms with Crippen molar-refractivity contribution in [3.63, 3.8) is 0 Å². The van der Waals surface area contributed by atoms with Crippen molar-refractivity contribution >= 4 is 11.7 Å². The van der Waals surface area contributed by atoms with E-state index in [-0.39, 0.29) is 12.1 Å². The number of hydrogen-bond acceptors (Lipinski definition) is 2. The highest BCUT2D eigenvalue weighted by Gasteiger charge is 2.17. The average molecular weight is 284 g/mol. The minimum absolute atomic E-state index is 0.00412. The fraction of sp³-hybridized carbons (Fsp3) is 0.235. The quantitative estimate of drug-likeness (QED) is 0.924. The fourth-order valence-corrected chi connectivity index (χ4v) is 2.02. The summed E-state index contributed by atoms with van der Waals surface area (Å²) >= 11 is 0. The van der Waals surface area contributed by atoms with Crippen LogP contribution in [0, 0.1) is 0 Å². The molecule has 0 saturated heterocycles. The first-order valence-electron chi connectivity index (χ1n) is 6.84. The number of anilines is 1. The van der Waals surface area contributed by atoms with Crippen LogP contribution in [0.1, 0.15) is 18.5 Å². The van der Waals surface area contributed by atoms with Gasteiger partial charge < -0.3 is 15.0 Å². The number of carbonyl (C=O) groups is 1. The third-order valence-electron chi connectivity index (χ3n) is 3.52. The van der Waals surface area contributed by atoms with Crippen molar-refractivity contribution in [2.75, 3.05) is 19.5 Å². The molecule has 1 atom stereocenters. The van der Waals surface area contributed by atoms with E-state index >= 15 is 0 Å². The molecule has 0 heterocycles. The normalized spacial score (nSPS) is 11.6. The zero-order valence-corrected chi connectivity index (χ0v) is 12.5. The van der Waals surface area contributed by atoms with Gasteiger partial charge in [-0.25, -0.2) is 4.79 Å². The Morgan fingerprint density at radius 1 is 1.10 bits per heavy atom. The van der Waals surface area contributed by atoms with Crippen LogP contribution in [0.4, 0.5) is 10.5 Å². The molecule has 0 aliphatic carbocycles. The Morgan fingerprint density at radius 3 is 2.29 bits per heavy atom. The van der Waals surface area contributed by atoms with Gasteiger partial charge in [-0.1, -0.05) is 30.3 Å². The highest BCUT2D eigenvalue weighted by molar-refractivity contribution is 5.89. The first-order chi connectivity index (χ1) is 10.1. The van der Waals surface area contributed by atoms with Gasteiger partial charge in [-0.15, -0.1) is 0 Å². The molecule has 0 aliphatic heterocycles. The molecule has 110 valence electrons. The van der Waals surface area contributed by atoms with E-state index in [1.54, 1.807) is 19.1 Å². The molecule has 0 bridgehead atoms. The Kier molecular flexibility index (Phi) is 4.82. The minimum atomic E-state index is -0.142. The second-order valence-corrected chi connectivity index (χ2v) is 4.86. The van der Waals surface area contributed by atoms with Crippen molar-refractivity contribution in [1.29, 1.82) is 0 Å². The summed E-state index contributed by atoms with van der Waals surface area (Å²) in [4.78, 5) is 13.9. The minimum Gasteiger partial charge on any atom is -0.497 e. The second-order valence-electron chi connectivity index (χ2n) is 4.86. The zero-order chi connectivity index (χ0) is 15.2. The molecular formula is C17H20N2O2. The summed E-state index contributed by atoms with van der Waals surface area (Å²) < 4.78 is 5.09. The molecule has 4 heteroatoms. The van der Waals surface area contributed by atoms with Gasteiger partial charge in [0.15, 0.2) is 0 Å². The maximum atomic E-state index is 12.3. The van der Waals surface area contributed by atoms with Crippen molar-refractivity contribution in [3.8, 4) is 5.75 Å². The van der Waals surface area contributed by atoms with Gasteiger partial charge in [0.2, 0.25) is 0 Å². The third-order valence-corrected chi connectivity index (χ3v) is 3.52. The van der Waals surface area contributed by atoms with Gasteiger partial charge in [-0.05, 0) is 36.8 Å². The Hall–Kier alpha value is -2.49. The maximum Gasteiger partial charge on any atom is 0.322 e. The number of carbonyl (C=O) groups excluding carboxylic acids is 1. The van der Waals surface area contributed by atoms with E-state index in [4.69, 9.17) is 4.74 Å². The van der Waals surface area contributed by atoms with E-state index in [0.717, 1.165) is 17.0 Å². The van der Waals surface area contributed by atoms with E-state index in [9.17, 15) is 4.79 Å². The first-order valence-corrected chi connectivity index (χ1v) is 6.84. The average Bonchev–Trinajstić information content (AvgIpc) is 2.55. The highest BCUT2D eigenvalue weighted by Crippen LogP contribution is 2.20. The third kappa shape index (κ3) is 3.75. The molecule has 2 rings (SSSR count). The number of amides is 2. The summed E-state index contributed by atoms with van der Waals surface area (Å²) in [6.45, 7) is 2.00. The number of benzene rings is 2. The van der Waals surface area contributed by atoms with Gasteiger partial charge in [0.1, 0.15) is 5.75 Å². The zero-order valence-electron chi connectivity index (χ0n) is 12.5. The largest absolute Gasteiger partial charge is 0.497 e. The van der Waals surface area contributed by atoms with Crippen LogP contribution in [0.3, 0.4) is 0 Å². The Morgan fingerprint density at radius 2 is 1.71 bits per heavy atom. The van der Waals surface area contributed by atoms with E-state index in [1.807, 2.05) is 61.5 Å². The molecule has 2 aromatic carbocycles. The molecule has 1 N–H and O–H groups in total. The summed E-state index contributed by atoms with van der Waals surface area (Å²) in [7, 11) is 3.40. The van der Waals surface area contributed by atoms with Crippen LogP contribution in [0.5, 0.6) is 5.75 Å². The molecule has 0 aliphatic rings. The van der Waals surface area contributed by atoms with Crippen LogP contribution in [-0.2, 0) is 0 Å². The van der Waals surface area contributed by atoms with Crippen LogP contribution in [0.15, 0.2) is 54.6 Å². The topological polar surface area (TPSA) is 41.6 Å². The van der Waals surface area contributed by atoms with E-state index in [2.05, 4.69) is 5.32 Å². The van der Waals surface area contributed by atoms with E-state index in [1.165, 1.54) is 0 Å². The van der Waals surface area contributed by atoms with Crippen molar-refractivity contribution < 1.29 is 9.53 Å². The summed E-state index contributed by atoms with van der Waals surface area (Å²) in [5.41, 5.74) is 1.85. The Balaban J connectivity index is 2.01. The lowest BCUT2D eigenvalue weighted by Gasteiger charge is -2.25. The first kappa shape index (κ1) is 14.9. The molecule has 0 fully saturated rings. The van der Waals surface area contributed by atoms with Crippen LogP contribution in [0.25, 0.3) is 0 Å². The van der Waals surface area contributed by atoms with Gasteiger partial charge in [0.05, 0.1) is 13.2 Å². The van der Waals surface area contributed by atoms with Crippen LogP contribution in [-0.4, -0.2) is 25.1 Å². The van der Waals surface area contributed by atoms with Crippen LogP contribution < -0.4 is 10.1 Å². The fourth-order valence-electron chi connectivity index (χ4n) is 2.02. The van der Waals surface area contributed by atoms with Crippen molar-refractivity contribution in [3.05, 3.63) is 60.2 Å². The van der Waals surface area contributed by atoms with Gasteiger partial charge in [-0.2, -0.15) is 0 Å². The van der Waals surface area contributed by atoms with Gasteiger partial charge in [-0.3, -0.25) is 0 Å². The SMILES string of the molecule is COc1ccc(NC(=O)N(C)[C@@H](C)c2ccccc2)cc1. The summed E-state index contributed by atoms with van der Waals surface area (Å²) in [6, 6.07) is 17.1. The van der Waals surface area contributed by atoms with Gasteiger partial charge in [0, 0.05) is 12.7 Å². The number of nitrogens with one attached hydrogen (secondary N) is 1. The molecule has 0 spiro atoms. The molecule has 4 nitrogen and oxygen atoms in total. The van der Waals surface area contributed by atoms with E-state index < -0.39 is 0 Å². The standard InChI is InChI=1S/C17H20N2O2/c1-13(14-7-5-4-6-8-14)19(2)17(20)18-15-9-11-16(21-3)12-10-15/h4-13H,1-3H3,(H,18,20)/t13-/m0/s1. The maximum absolute atomic E-state index is 12.3. The molecule has 21 heavy (non-hydrogen) atoms. The Labute approximate surface area is 125 Å². The summed E-state index contributed by atoms with van der Waals surface area (Å²) in [5, 5.41) is 2.88. The number of urea groups is 1. The second kappa shape index (κ2) is 6.79. The van der Waals surface area contributed by atoms with E-state index in [0.29, 0.717) is 0 Å². The van der Waals surface area contributed by atoms with Gasteiger partial charge >= 0.3 is 6.03 Å². The number of rotatable bonds is 4. The molecular weight excluding hydrogens is 264 g/mol. The number of ether oxygens (including phenoxy) is 1. The molecule has 0 unspecified atom stereocenters. The van der Waals surface area contributed by atoms with Crippen molar-refractivity contribution in [2.24, 2.45) is 0 Å². The smallest absolute Gasteiger partial charge is 0.322 e. The van der Waals surface area contributed by atoms with Crippen LogP contribution >= 0.6 is 0 Å². The number of nitrogens with zero attached hydrogens (tertiary/aromatic N) is 1. The van der Waals surface area contributed by atoms with Crippen molar-refractivity contribution in [2.45, 2.75) is 13.0 Å². The lowest BCUT2D eigenvalue weighted by atomic mass is 10.1.